The van der Waals surface area contributed by atoms with Gasteiger partial charge in [0.05, 0.1) is 6.61 Å². The van der Waals surface area contributed by atoms with Crippen molar-refractivity contribution >= 4 is 5.97 Å². The van der Waals surface area contributed by atoms with Gasteiger partial charge in [0.2, 0.25) is 0 Å². The second-order valence-electron chi connectivity index (χ2n) is 3.58. The number of aromatic amines is 1. The standard InChI is InChI=1S/C13H10FN3O2/c1-3-8-5-6-9(10(14)7-8)11-12(16-17-15-11)13(18)19-4-2/h1,5-7H,4H2,2H3,(H,15,16,17). The normalized spacial score (nSPS) is 9.95. The third-order valence-electron chi connectivity index (χ3n) is 2.41. The summed E-state index contributed by atoms with van der Waals surface area (Å²) >= 11 is 0. The third-order valence-corrected chi connectivity index (χ3v) is 2.41. The van der Waals surface area contributed by atoms with E-state index >= 15 is 0 Å². The van der Waals surface area contributed by atoms with Crippen molar-refractivity contribution in [3.8, 4) is 23.6 Å². The van der Waals surface area contributed by atoms with Gasteiger partial charge in [-0.15, -0.1) is 11.5 Å². The van der Waals surface area contributed by atoms with E-state index in [0.717, 1.165) is 0 Å². The first-order valence-corrected chi connectivity index (χ1v) is 5.51. The fourth-order valence-corrected chi connectivity index (χ4v) is 1.56. The van der Waals surface area contributed by atoms with Crippen LogP contribution >= 0.6 is 0 Å². The molecule has 2 rings (SSSR count). The topological polar surface area (TPSA) is 67.9 Å². The predicted molar refractivity (Wildman–Crippen MR) is 65.7 cm³/mol. The molecule has 2 aromatic rings. The van der Waals surface area contributed by atoms with Crippen LogP contribution in [0.2, 0.25) is 0 Å². The number of nitrogens with zero attached hydrogens (tertiary/aromatic N) is 2. The molecular weight excluding hydrogens is 249 g/mol. The zero-order valence-corrected chi connectivity index (χ0v) is 10.1. The Kier molecular flexibility index (Phi) is 3.57. The summed E-state index contributed by atoms with van der Waals surface area (Å²) in [6.45, 7) is 1.86. The lowest BCUT2D eigenvalue weighted by Gasteiger charge is -2.03. The first kappa shape index (κ1) is 12.8. The second-order valence-corrected chi connectivity index (χ2v) is 3.58. The van der Waals surface area contributed by atoms with Crippen molar-refractivity contribution in [1.29, 1.82) is 0 Å². The Morgan fingerprint density at radius 1 is 1.53 bits per heavy atom. The fraction of sp³-hybridized carbons (Fsp3) is 0.154. The number of carbonyl (C=O) groups is 1. The summed E-state index contributed by atoms with van der Waals surface area (Å²) in [4.78, 5) is 11.6. The van der Waals surface area contributed by atoms with E-state index < -0.39 is 11.8 Å². The van der Waals surface area contributed by atoms with Crippen LogP contribution in [0.4, 0.5) is 4.39 Å². The number of H-pyrrole nitrogens is 1. The van der Waals surface area contributed by atoms with E-state index in [1.54, 1.807) is 13.0 Å². The van der Waals surface area contributed by atoms with Gasteiger partial charge in [-0.3, -0.25) is 0 Å². The smallest absolute Gasteiger partial charge is 0.361 e. The first-order valence-electron chi connectivity index (χ1n) is 5.51. The van der Waals surface area contributed by atoms with E-state index in [4.69, 9.17) is 11.2 Å². The maximum Gasteiger partial charge on any atom is 0.361 e. The Bertz CT molecular complexity index is 658. The molecule has 0 fully saturated rings. The summed E-state index contributed by atoms with van der Waals surface area (Å²) in [7, 11) is 0. The predicted octanol–water partition coefficient (Wildman–Crippen LogP) is 1.77. The van der Waals surface area contributed by atoms with Gasteiger partial charge in [0.15, 0.2) is 5.69 Å². The van der Waals surface area contributed by atoms with E-state index in [-0.39, 0.29) is 23.6 Å². The number of carbonyl (C=O) groups excluding carboxylic acids is 1. The first-order chi connectivity index (χ1) is 9.17. The molecule has 1 N–H and O–H groups in total. The zero-order valence-electron chi connectivity index (χ0n) is 10.1. The van der Waals surface area contributed by atoms with Crippen molar-refractivity contribution in [3.63, 3.8) is 0 Å². The van der Waals surface area contributed by atoms with Crippen LogP contribution in [0, 0.1) is 18.2 Å². The molecule has 0 unspecified atom stereocenters. The molecule has 0 aliphatic heterocycles. The molecule has 0 bridgehead atoms. The SMILES string of the molecule is C#Cc1ccc(-c2n[nH]nc2C(=O)OCC)c(F)c1. The molecule has 96 valence electrons. The van der Waals surface area contributed by atoms with Crippen LogP contribution in [-0.4, -0.2) is 28.0 Å². The number of hydrogen-bond donors (Lipinski definition) is 1. The van der Waals surface area contributed by atoms with E-state index in [1.165, 1.54) is 12.1 Å². The van der Waals surface area contributed by atoms with E-state index in [1.807, 2.05) is 0 Å². The van der Waals surface area contributed by atoms with Gasteiger partial charge in [-0.25, -0.2) is 9.18 Å². The average Bonchev–Trinajstić information content (AvgIpc) is 2.88. The molecule has 0 radical (unpaired) electrons. The maximum absolute atomic E-state index is 13.9. The highest BCUT2D eigenvalue weighted by Gasteiger charge is 2.21. The molecule has 1 aromatic heterocycles. The molecule has 0 amide bonds. The molecule has 1 aromatic carbocycles. The number of benzene rings is 1. The molecular formula is C13H10FN3O2. The van der Waals surface area contributed by atoms with Crippen LogP contribution in [0.15, 0.2) is 18.2 Å². The van der Waals surface area contributed by atoms with E-state index in [2.05, 4.69) is 21.3 Å². The lowest BCUT2D eigenvalue weighted by molar-refractivity contribution is 0.0520. The van der Waals surface area contributed by atoms with Crippen LogP contribution in [0.1, 0.15) is 23.0 Å². The van der Waals surface area contributed by atoms with Crippen LogP contribution in [0.5, 0.6) is 0 Å². The number of nitrogens with one attached hydrogen (secondary N) is 1. The molecule has 0 aliphatic carbocycles. The van der Waals surface area contributed by atoms with E-state index in [0.29, 0.717) is 5.56 Å². The van der Waals surface area contributed by atoms with Gasteiger partial charge in [-0.2, -0.15) is 10.3 Å². The summed E-state index contributed by atoms with van der Waals surface area (Å²) in [5.41, 5.74) is 0.576. The molecule has 0 saturated carbocycles. The van der Waals surface area contributed by atoms with Crippen molar-refractivity contribution < 1.29 is 13.9 Å². The Morgan fingerprint density at radius 2 is 2.32 bits per heavy atom. The lowest BCUT2D eigenvalue weighted by atomic mass is 10.1. The van der Waals surface area contributed by atoms with E-state index in [9.17, 15) is 9.18 Å². The van der Waals surface area contributed by atoms with Crippen LogP contribution in [-0.2, 0) is 4.74 Å². The highest BCUT2D eigenvalue weighted by atomic mass is 19.1. The monoisotopic (exact) mass is 259 g/mol. The molecule has 5 nitrogen and oxygen atoms in total. The minimum atomic E-state index is -0.660. The van der Waals surface area contributed by atoms with Crippen molar-refractivity contribution in [2.45, 2.75) is 6.92 Å². The largest absolute Gasteiger partial charge is 0.461 e. The molecule has 0 atom stereocenters. The average molecular weight is 259 g/mol. The highest BCUT2D eigenvalue weighted by Crippen LogP contribution is 2.24. The summed E-state index contributed by atoms with van der Waals surface area (Å²) < 4.78 is 18.7. The van der Waals surface area contributed by atoms with Gasteiger partial charge in [0, 0.05) is 11.1 Å². The molecule has 6 heteroatoms. The number of halogens is 1. The molecule has 0 spiro atoms. The Morgan fingerprint density at radius 3 is 2.95 bits per heavy atom. The van der Waals surface area contributed by atoms with Crippen molar-refractivity contribution in [3.05, 3.63) is 35.3 Å². The minimum Gasteiger partial charge on any atom is -0.461 e. The Balaban J connectivity index is 2.46. The highest BCUT2D eigenvalue weighted by molar-refractivity contribution is 5.93. The van der Waals surface area contributed by atoms with Gasteiger partial charge in [-0.05, 0) is 25.1 Å². The maximum atomic E-state index is 13.9. The number of hydrogen-bond acceptors (Lipinski definition) is 4. The van der Waals surface area contributed by atoms with Crippen molar-refractivity contribution in [1.82, 2.24) is 15.4 Å². The van der Waals surface area contributed by atoms with Gasteiger partial charge in [0.25, 0.3) is 0 Å². The summed E-state index contributed by atoms with van der Waals surface area (Å²) in [6, 6.07) is 4.20. The quantitative estimate of drug-likeness (QED) is 0.673. The summed E-state index contributed by atoms with van der Waals surface area (Å²) in [5, 5.41) is 9.74. The number of terminal acetylenes is 1. The van der Waals surface area contributed by atoms with Gasteiger partial charge in [0.1, 0.15) is 11.5 Å². The van der Waals surface area contributed by atoms with Gasteiger partial charge < -0.3 is 4.74 Å². The Labute approximate surface area is 108 Å². The fourth-order valence-electron chi connectivity index (χ4n) is 1.56. The van der Waals surface area contributed by atoms with Gasteiger partial charge in [-0.1, -0.05) is 5.92 Å². The molecule has 0 aliphatic rings. The minimum absolute atomic E-state index is 0.0609. The molecule has 19 heavy (non-hydrogen) atoms. The van der Waals surface area contributed by atoms with Crippen LogP contribution in [0.3, 0.4) is 0 Å². The number of rotatable bonds is 3. The van der Waals surface area contributed by atoms with Gasteiger partial charge >= 0.3 is 5.97 Å². The number of ether oxygens (including phenoxy) is 1. The lowest BCUT2D eigenvalue weighted by Crippen LogP contribution is -2.07. The Hall–Kier alpha value is -2.68. The number of esters is 1. The van der Waals surface area contributed by atoms with Crippen LogP contribution in [0.25, 0.3) is 11.3 Å². The third kappa shape index (κ3) is 2.45. The second kappa shape index (κ2) is 5.31. The van der Waals surface area contributed by atoms with Crippen molar-refractivity contribution in [2.75, 3.05) is 6.61 Å². The summed E-state index contributed by atoms with van der Waals surface area (Å²) in [6.07, 6.45) is 5.18. The molecule has 0 saturated heterocycles. The summed E-state index contributed by atoms with van der Waals surface area (Å²) in [5.74, 6) is 1.09. The molecule has 1 heterocycles. The number of aromatic nitrogens is 3. The zero-order chi connectivity index (χ0) is 13.8. The van der Waals surface area contributed by atoms with Crippen LogP contribution < -0.4 is 0 Å². The van der Waals surface area contributed by atoms with Crippen molar-refractivity contribution in [2.24, 2.45) is 0 Å².